The summed E-state index contributed by atoms with van der Waals surface area (Å²) in [4.78, 5) is 2.00. The van der Waals surface area contributed by atoms with Crippen molar-refractivity contribution in [3.8, 4) is 5.69 Å². The standard InChI is InChI=1S/C13H14F3N5O/c14-13(15,16)9-1-3-10(4-2-9)21-12(17-18-19-21)8-20-6-5-11(22)7-20/h1-4,11,22H,5-8H2/t11-/m0/s1. The maximum absolute atomic E-state index is 12.6. The summed E-state index contributed by atoms with van der Waals surface area (Å²) in [5.74, 6) is 0.522. The van der Waals surface area contributed by atoms with Crippen molar-refractivity contribution >= 4 is 0 Å². The molecule has 0 unspecified atom stereocenters. The molecule has 22 heavy (non-hydrogen) atoms. The second-order valence-electron chi connectivity index (χ2n) is 5.23. The highest BCUT2D eigenvalue weighted by molar-refractivity contribution is 5.35. The average Bonchev–Trinajstić information content (AvgIpc) is 3.08. The first-order chi connectivity index (χ1) is 10.4. The van der Waals surface area contributed by atoms with Crippen molar-refractivity contribution in [3.63, 3.8) is 0 Å². The van der Waals surface area contributed by atoms with Gasteiger partial charge < -0.3 is 5.11 Å². The number of nitrogens with zero attached hydrogens (tertiary/aromatic N) is 5. The minimum Gasteiger partial charge on any atom is -0.392 e. The van der Waals surface area contributed by atoms with Crippen LogP contribution in [0, 0.1) is 0 Å². The quantitative estimate of drug-likeness (QED) is 0.924. The molecule has 118 valence electrons. The number of aromatic nitrogens is 4. The van der Waals surface area contributed by atoms with Crippen LogP contribution >= 0.6 is 0 Å². The first kappa shape index (κ1) is 14.9. The molecule has 1 N–H and O–H groups in total. The monoisotopic (exact) mass is 313 g/mol. The summed E-state index contributed by atoms with van der Waals surface area (Å²) in [5.41, 5.74) is -0.249. The number of hydrogen-bond donors (Lipinski definition) is 1. The number of halogens is 3. The van der Waals surface area contributed by atoms with Gasteiger partial charge in [-0.25, -0.2) is 0 Å². The Morgan fingerprint density at radius 2 is 1.95 bits per heavy atom. The molecule has 1 aromatic heterocycles. The summed E-state index contributed by atoms with van der Waals surface area (Å²) in [6.07, 6.45) is -4.02. The Bertz CT molecular complexity index is 640. The van der Waals surface area contributed by atoms with Crippen LogP contribution in [-0.2, 0) is 12.7 Å². The summed E-state index contributed by atoms with van der Waals surface area (Å²) >= 11 is 0. The molecule has 2 aromatic rings. The number of aliphatic hydroxyl groups is 1. The highest BCUT2D eigenvalue weighted by atomic mass is 19.4. The van der Waals surface area contributed by atoms with Crippen LogP contribution in [0.3, 0.4) is 0 Å². The molecular formula is C13H14F3N5O. The molecule has 1 atom stereocenters. The van der Waals surface area contributed by atoms with Crippen LogP contribution in [0.4, 0.5) is 13.2 Å². The molecule has 0 radical (unpaired) electrons. The third-order valence-electron chi connectivity index (χ3n) is 3.59. The highest BCUT2D eigenvalue weighted by Gasteiger charge is 2.30. The summed E-state index contributed by atoms with van der Waals surface area (Å²) < 4.78 is 39.1. The minimum absolute atomic E-state index is 0.351. The first-order valence-electron chi connectivity index (χ1n) is 6.79. The predicted molar refractivity (Wildman–Crippen MR) is 70.1 cm³/mol. The van der Waals surface area contributed by atoms with Gasteiger partial charge in [-0.1, -0.05) is 0 Å². The van der Waals surface area contributed by atoms with Gasteiger partial charge in [0.2, 0.25) is 0 Å². The Hall–Kier alpha value is -2.00. The number of likely N-dealkylation sites (tertiary alicyclic amines) is 1. The van der Waals surface area contributed by atoms with Gasteiger partial charge in [0.25, 0.3) is 0 Å². The SMILES string of the molecule is O[C@H]1CCN(Cc2nnnn2-c2ccc(C(F)(F)F)cc2)C1. The van der Waals surface area contributed by atoms with E-state index in [1.54, 1.807) is 0 Å². The lowest BCUT2D eigenvalue weighted by molar-refractivity contribution is -0.137. The van der Waals surface area contributed by atoms with Gasteiger partial charge in [0.1, 0.15) is 0 Å². The molecule has 0 bridgehead atoms. The van der Waals surface area contributed by atoms with Gasteiger partial charge in [-0.3, -0.25) is 4.90 Å². The van der Waals surface area contributed by atoms with Crippen LogP contribution in [0.15, 0.2) is 24.3 Å². The van der Waals surface area contributed by atoms with E-state index in [0.29, 0.717) is 31.0 Å². The average molecular weight is 313 g/mol. The molecule has 3 rings (SSSR count). The molecule has 2 heterocycles. The summed E-state index contributed by atoms with van der Waals surface area (Å²) in [6.45, 7) is 1.71. The van der Waals surface area contributed by atoms with Gasteiger partial charge in [0, 0.05) is 13.1 Å². The fourth-order valence-electron chi connectivity index (χ4n) is 2.45. The summed E-state index contributed by atoms with van der Waals surface area (Å²) in [6, 6.07) is 4.67. The van der Waals surface area contributed by atoms with Gasteiger partial charge in [0.05, 0.1) is 23.9 Å². The number of tetrazole rings is 1. The molecule has 1 aliphatic rings. The molecule has 9 heteroatoms. The highest BCUT2D eigenvalue weighted by Crippen LogP contribution is 2.29. The van der Waals surface area contributed by atoms with Gasteiger partial charge in [-0.15, -0.1) is 5.10 Å². The molecule has 1 saturated heterocycles. The number of rotatable bonds is 3. The molecule has 6 nitrogen and oxygen atoms in total. The molecule has 0 spiro atoms. The molecule has 1 aliphatic heterocycles. The predicted octanol–water partition coefficient (Wildman–Crippen LogP) is 1.25. The van der Waals surface area contributed by atoms with Crippen molar-refractivity contribution in [2.75, 3.05) is 13.1 Å². The van der Waals surface area contributed by atoms with Gasteiger partial charge in [-0.2, -0.15) is 17.9 Å². The van der Waals surface area contributed by atoms with Gasteiger partial charge in [0.15, 0.2) is 5.82 Å². The first-order valence-corrected chi connectivity index (χ1v) is 6.79. The lowest BCUT2D eigenvalue weighted by Crippen LogP contribution is -2.23. The topological polar surface area (TPSA) is 67.1 Å². The Morgan fingerprint density at radius 1 is 1.23 bits per heavy atom. The van der Waals surface area contributed by atoms with Gasteiger partial charge in [-0.05, 0) is 41.1 Å². The number of aliphatic hydroxyl groups excluding tert-OH is 1. The van der Waals surface area contributed by atoms with Crippen molar-refractivity contribution < 1.29 is 18.3 Å². The lowest BCUT2D eigenvalue weighted by atomic mass is 10.2. The zero-order chi connectivity index (χ0) is 15.7. The van der Waals surface area contributed by atoms with Crippen molar-refractivity contribution in [1.82, 2.24) is 25.1 Å². The van der Waals surface area contributed by atoms with Crippen LogP contribution in [0.5, 0.6) is 0 Å². The van der Waals surface area contributed by atoms with Crippen molar-refractivity contribution in [1.29, 1.82) is 0 Å². The van der Waals surface area contributed by atoms with E-state index in [-0.39, 0.29) is 6.10 Å². The Kier molecular flexibility index (Phi) is 3.83. The van der Waals surface area contributed by atoms with Crippen molar-refractivity contribution in [2.24, 2.45) is 0 Å². The number of β-amino-alcohol motifs (C(OH)–C–C–N with tert-alkyl or cyclic N) is 1. The molecule has 0 amide bonds. The van der Waals surface area contributed by atoms with E-state index >= 15 is 0 Å². The van der Waals surface area contributed by atoms with Crippen molar-refractivity contribution in [2.45, 2.75) is 25.2 Å². The largest absolute Gasteiger partial charge is 0.416 e. The maximum atomic E-state index is 12.6. The third kappa shape index (κ3) is 3.09. The molecule has 0 saturated carbocycles. The maximum Gasteiger partial charge on any atom is 0.416 e. The zero-order valence-electron chi connectivity index (χ0n) is 11.5. The van der Waals surface area contributed by atoms with E-state index in [0.717, 1.165) is 18.7 Å². The van der Waals surface area contributed by atoms with Crippen LogP contribution < -0.4 is 0 Å². The van der Waals surface area contributed by atoms with Crippen LogP contribution in [0.25, 0.3) is 5.69 Å². The third-order valence-corrected chi connectivity index (χ3v) is 3.59. The van der Waals surface area contributed by atoms with E-state index in [9.17, 15) is 18.3 Å². The van der Waals surface area contributed by atoms with Crippen LogP contribution in [0.1, 0.15) is 17.8 Å². The number of hydrogen-bond acceptors (Lipinski definition) is 5. The second-order valence-corrected chi connectivity index (χ2v) is 5.23. The molecule has 0 aliphatic carbocycles. The second kappa shape index (κ2) is 5.65. The van der Waals surface area contributed by atoms with Gasteiger partial charge >= 0.3 is 6.18 Å². The van der Waals surface area contributed by atoms with E-state index in [1.807, 2.05) is 4.90 Å². The Balaban J connectivity index is 1.79. The van der Waals surface area contributed by atoms with Crippen LogP contribution in [0.2, 0.25) is 0 Å². The fraction of sp³-hybridized carbons (Fsp3) is 0.462. The number of alkyl halides is 3. The zero-order valence-corrected chi connectivity index (χ0v) is 11.5. The van der Waals surface area contributed by atoms with Crippen LogP contribution in [-0.4, -0.2) is 49.4 Å². The number of benzene rings is 1. The van der Waals surface area contributed by atoms with E-state index in [1.165, 1.54) is 16.8 Å². The Labute approximate surface area is 124 Å². The normalized spacial score (nSPS) is 19.7. The summed E-state index contributed by atoms with van der Waals surface area (Å²) in [5, 5.41) is 20.8. The van der Waals surface area contributed by atoms with Crippen molar-refractivity contribution in [3.05, 3.63) is 35.7 Å². The Morgan fingerprint density at radius 3 is 2.55 bits per heavy atom. The van der Waals surface area contributed by atoms with E-state index < -0.39 is 11.7 Å². The van der Waals surface area contributed by atoms with E-state index in [4.69, 9.17) is 0 Å². The van der Waals surface area contributed by atoms with E-state index in [2.05, 4.69) is 15.5 Å². The molecule has 1 aromatic carbocycles. The molecular weight excluding hydrogens is 299 g/mol. The fourth-order valence-corrected chi connectivity index (χ4v) is 2.45. The minimum atomic E-state index is -4.37. The smallest absolute Gasteiger partial charge is 0.392 e. The lowest BCUT2D eigenvalue weighted by Gasteiger charge is -2.14. The summed E-state index contributed by atoms with van der Waals surface area (Å²) in [7, 11) is 0. The molecule has 1 fully saturated rings.